The number of unbranched alkanes of at least 4 members (excludes halogenated alkanes) is 4. The van der Waals surface area contributed by atoms with Crippen LogP contribution in [0.3, 0.4) is 0 Å². The minimum atomic E-state index is -1.18. The van der Waals surface area contributed by atoms with Crippen LogP contribution in [0, 0.1) is 23.7 Å². The number of aliphatic carboxylic acids is 4. The van der Waals surface area contributed by atoms with Gasteiger partial charge in [-0.1, -0.05) is 39.8 Å². The Morgan fingerprint density at radius 1 is 0.559 bits per heavy atom. The summed E-state index contributed by atoms with van der Waals surface area (Å²) in [5, 5.41) is 66.8. The summed E-state index contributed by atoms with van der Waals surface area (Å²) in [6.07, 6.45) is 11.0. The Hall–Kier alpha value is -2.60. The number of hydrogen-bond acceptors (Lipinski definition) is 10. The summed E-state index contributed by atoms with van der Waals surface area (Å²) < 4.78 is 0.231. The second-order valence-corrected chi connectivity index (χ2v) is 15.3. The molecule has 0 bridgehead atoms. The maximum absolute atomic E-state index is 12.0. The molecule has 59 heavy (non-hydrogen) atoms. The van der Waals surface area contributed by atoms with Gasteiger partial charge in [-0.3, -0.25) is 19.2 Å². The molecule has 0 aliphatic carbocycles. The first kappa shape index (κ1) is 60.7. The maximum Gasteiger partial charge on any atom is 2.00 e. The smallest absolute Gasteiger partial charge is 0.550 e. The van der Waals surface area contributed by atoms with E-state index >= 15 is 0 Å². The van der Waals surface area contributed by atoms with Crippen molar-refractivity contribution in [1.82, 2.24) is 10.6 Å². The van der Waals surface area contributed by atoms with Gasteiger partial charge in [-0.25, -0.2) is 0 Å². The van der Waals surface area contributed by atoms with Crippen molar-refractivity contribution in [2.24, 2.45) is 23.7 Å². The summed E-state index contributed by atoms with van der Waals surface area (Å²) in [5.74, 6) is -7.23. The summed E-state index contributed by atoms with van der Waals surface area (Å²) in [5.41, 5.74) is 0. The molecule has 0 fully saturated rings. The fraction of sp³-hybridized carbons (Fsp3) is 0.762. The molecule has 0 aliphatic rings. The number of aliphatic hydroxyl groups is 2. The molecule has 0 aromatic heterocycles. The Balaban J connectivity index is -0.00000105. The molecule has 0 saturated carbocycles. The van der Waals surface area contributed by atoms with Crippen LogP contribution in [-0.4, -0.2) is 181 Å². The van der Waals surface area contributed by atoms with E-state index < -0.39 is 47.5 Å². The van der Waals surface area contributed by atoms with Crippen LogP contribution in [0.5, 0.6) is 0 Å². The molecule has 6 unspecified atom stereocenters. The van der Waals surface area contributed by atoms with E-state index in [0.29, 0.717) is 64.7 Å². The maximum atomic E-state index is 12.0. The van der Waals surface area contributed by atoms with Crippen molar-refractivity contribution in [2.75, 3.05) is 78.7 Å². The van der Waals surface area contributed by atoms with Crippen molar-refractivity contribution in [3.63, 3.8) is 0 Å². The quantitative estimate of drug-likeness (QED) is 0.0221. The first-order valence-corrected chi connectivity index (χ1v) is 21.0. The van der Waals surface area contributed by atoms with Crippen LogP contribution in [0.2, 0.25) is 0 Å². The molecule has 0 aromatic rings. The summed E-state index contributed by atoms with van der Waals surface area (Å²) in [4.78, 5) is 70.2. The number of quaternary nitrogens is 2. The van der Waals surface area contributed by atoms with Crippen LogP contribution < -0.4 is 20.8 Å². The number of carbonyl (C=O) groups is 6. The van der Waals surface area contributed by atoms with Crippen molar-refractivity contribution < 1.29 is 68.4 Å². The largest absolute Gasteiger partial charge is 2.00 e. The van der Waals surface area contributed by atoms with Crippen LogP contribution in [0.4, 0.5) is 0 Å². The first-order chi connectivity index (χ1) is 27.5. The number of allylic oxidation sites excluding steroid dienone is 2. The van der Waals surface area contributed by atoms with Crippen LogP contribution in [-0.2, 0) is 28.8 Å². The molecule has 17 heteroatoms. The van der Waals surface area contributed by atoms with Crippen molar-refractivity contribution in [2.45, 2.75) is 105 Å². The Morgan fingerprint density at radius 3 is 1.10 bits per heavy atom. The zero-order valence-corrected chi connectivity index (χ0v) is 38.7. The van der Waals surface area contributed by atoms with Crippen molar-refractivity contribution in [3.05, 3.63) is 25.3 Å². The van der Waals surface area contributed by atoms with Gasteiger partial charge >= 0.3 is 49.7 Å². The van der Waals surface area contributed by atoms with E-state index in [9.17, 15) is 59.4 Å². The van der Waals surface area contributed by atoms with Gasteiger partial charge in [0.1, 0.15) is 24.9 Å². The van der Waals surface area contributed by atoms with Gasteiger partial charge in [0.05, 0.1) is 77.5 Å². The second kappa shape index (κ2) is 36.1. The number of amides is 2. The van der Waals surface area contributed by atoms with E-state index in [1.807, 2.05) is 12.2 Å². The molecule has 0 aromatic carbocycles. The molecular weight excluding hydrogens is 793 g/mol. The summed E-state index contributed by atoms with van der Waals surface area (Å²) in [7, 11) is 0. The van der Waals surface area contributed by atoms with Gasteiger partial charge in [-0.05, 0) is 64.2 Å². The van der Waals surface area contributed by atoms with Crippen LogP contribution in [0.1, 0.15) is 105 Å². The van der Waals surface area contributed by atoms with Gasteiger partial charge in [0.25, 0.3) is 0 Å². The van der Waals surface area contributed by atoms with E-state index in [1.165, 1.54) is 0 Å². The van der Waals surface area contributed by atoms with Gasteiger partial charge in [0.2, 0.25) is 11.8 Å². The van der Waals surface area contributed by atoms with Crippen molar-refractivity contribution in [1.29, 1.82) is 0 Å². The number of nitrogens with one attached hydrogen (secondary N) is 2. The fourth-order valence-corrected chi connectivity index (χ4v) is 7.09. The van der Waals surface area contributed by atoms with E-state index in [0.717, 1.165) is 38.5 Å². The molecule has 6 N–H and O–H groups in total. The van der Waals surface area contributed by atoms with Crippen molar-refractivity contribution in [3.8, 4) is 0 Å². The van der Waals surface area contributed by atoms with Crippen LogP contribution in [0.25, 0.3) is 0 Å². The molecule has 0 saturated heterocycles. The Kier molecular flexibility index (Phi) is 37.1. The van der Waals surface area contributed by atoms with E-state index in [1.54, 1.807) is 27.7 Å². The Labute approximate surface area is 382 Å². The molecule has 0 spiro atoms. The SMILES string of the molecule is C=CCCCCC(=O)NCC[N+](CCO)(CC(CC)C(=O)[O-])CC(CC)C(=O)O.C=CCCCCC(=O)NCC[N+](CCO)(CC(CC)C(=O)[O-])CC(CC)C(=O)O.[Ca+2]. The average molecular weight is 869 g/mol. The van der Waals surface area contributed by atoms with Crippen LogP contribution >= 0.6 is 0 Å². The number of aliphatic hydroxyl groups excluding tert-OH is 2. The van der Waals surface area contributed by atoms with Gasteiger partial charge in [-0.15, -0.1) is 13.2 Å². The molecule has 0 rings (SSSR count). The Bertz CT molecular complexity index is 1100. The average Bonchev–Trinajstić information content (AvgIpc) is 3.17. The van der Waals surface area contributed by atoms with E-state index in [-0.39, 0.29) is 111 Å². The van der Waals surface area contributed by atoms with Gasteiger partial charge in [0.15, 0.2) is 0 Å². The topological polar surface area (TPSA) is 254 Å². The van der Waals surface area contributed by atoms with Gasteiger partial charge in [0, 0.05) is 24.7 Å². The first-order valence-electron chi connectivity index (χ1n) is 21.0. The summed E-state index contributed by atoms with van der Waals surface area (Å²) >= 11 is 0. The third-order valence-electron chi connectivity index (χ3n) is 10.9. The fourth-order valence-electron chi connectivity index (χ4n) is 7.09. The predicted octanol–water partition coefficient (Wildman–Crippen LogP) is 0.709. The predicted molar refractivity (Wildman–Crippen MR) is 223 cm³/mol. The number of rotatable bonds is 36. The standard InChI is InChI=1S/2C21H38N2O6.Ca/c2*1-4-7-8-9-10-19(25)22-11-12-23(13-14-24,15-17(5-2)20(26)27)16-18(6-3)21(28)29;/h2*4,17-18,24H,1,5-16H2,2-3H3,(H2-,22,25,26,27,28,29);/q;;+2. The zero-order valence-electron chi connectivity index (χ0n) is 36.5. The number of nitrogens with zero attached hydrogens (tertiary/aromatic N) is 2. The molecule has 2 amide bonds. The van der Waals surface area contributed by atoms with Crippen LogP contribution in [0.15, 0.2) is 25.3 Å². The second-order valence-electron chi connectivity index (χ2n) is 15.3. The molecule has 0 aliphatic heterocycles. The molecular formula is C42H76CaN4O12+2. The monoisotopic (exact) mass is 869 g/mol. The van der Waals surface area contributed by atoms with Gasteiger partial charge in [-0.2, -0.15) is 0 Å². The normalized spacial score (nSPS) is 14.9. The molecule has 0 heterocycles. The van der Waals surface area contributed by atoms with Crippen molar-refractivity contribution >= 4 is 73.4 Å². The minimum absolute atomic E-state index is 0. The molecule has 6 atom stereocenters. The third kappa shape index (κ3) is 27.8. The summed E-state index contributed by atoms with van der Waals surface area (Å²) in [6, 6.07) is 0. The number of carbonyl (C=O) groups excluding carboxylic acids is 4. The molecule has 336 valence electrons. The molecule has 16 nitrogen and oxygen atoms in total. The Morgan fingerprint density at radius 2 is 0.864 bits per heavy atom. The van der Waals surface area contributed by atoms with E-state index in [4.69, 9.17) is 0 Å². The number of carboxylic acids is 4. The van der Waals surface area contributed by atoms with E-state index in [2.05, 4.69) is 23.8 Å². The number of carboxylic acid groups (broad SMARTS) is 4. The zero-order chi connectivity index (χ0) is 44.6. The minimum Gasteiger partial charge on any atom is -0.550 e. The number of hydrogen-bond donors (Lipinski definition) is 6. The third-order valence-corrected chi connectivity index (χ3v) is 10.9. The summed E-state index contributed by atoms with van der Waals surface area (Å²) in [6.45, 7) is 16.4. The van der Waals surface area contributed by atoms with Gasteiger partial charge < -0.3 is 59.8 Å². The molecule has 0 radical (unpaired) electrons.